The Morgan fingerprint density at radius 3 is 2.26 bits per heavy atom. The molecule has 0 spiro atoms. The Hall–Kier alpha value is -2.11. The number of likely N-dealkylation sites (N-methyl/N-ethyl adjacent to an activating group) is 1. The van der Waals surface area contributed by atoms with E-state index in [1.54, 1.807) is 24.3 Å². The largest absolute Gasteiger partial charge is 0.492 e. The van der Waals surface area contributed by atoms with Crippen molar-refractivity contribution in [2.45, 2.75) is 0 Å². The number of benzene rings is 1. The van der Waals surface area contributed by atoms with Gasteiger partial charge in [-0.2, -0.15) is 0 Å². The first-order valence-corrected chi connectivity index (χ1v) is 7.65. The number of carboxylic acids is 1. The molecule has 126 valence electrons. The van der Waals surface area contributed by atoms with Crippen molar-refractivity contribution in [1.29, 1.82) is 0 Å². The van der Waals surface area contributed by atoms with E-state index in [0.29, 0.717) is 12.4 Å². The van der Waals surface area contributed by atoms with Crippen LogP contribution in [0.3, 0.4) is 0 Å². The lowest BCUT2D eigenvalue weighted by atomic mass is 10.2. The standard InChI is InChI=1S/C18H26N2O3/c1-4-10-20(11-5-2)13-12-19(3)14-15-23-17-8-6-16(7-9-17)18(21)22/h4-9H,1-2,10-15H2,3H3,(H,21,22). The zero-order chi connectivity index (χ0) is 17.1. The first-order valence-electron chi connectivity index (χ1n) is 7.65. The average molecular weight is 318 g/mol. The molecule has 0 bridgehead atoms. The van der Waals surface area contributed by atoms with Crippen LogP contribution in [0.15, 0.2) is 49.6 Å². The van der Waals surface area contributed by atoms with Gasteiger partial charge in [-0.25, -0.2) is 4.79 Å². The molecule has 0 unspecified atom stereocenters. The summed E-state index contributed by atoms with van der Waals surface area (Å²) in [5, 5.41) is 8.84. The van der Waals surface area contributed by atoms with Crippen LogP contribution < -0.4 is 4.74 Å². The first-order chi connectivity index (χ1) is 11.1. The summed E-state index contributed by atoms with van der Waals surface area (Å²) in [6.07, 6.45) is 3.79. The molecule has 1 N–H and O–H groups in total. The van der Waals surface area contributed by atoms with Crippen LogP contribution in [0.1, 0.15) is 10.4 Å². The Kier molecular flexibility index (Phi) is 8.72. The van der Waals surface area contributed by atoms with Crippen molar-refractivity contribution in [1.82, 2.24) is 9.80 Å². The summed E-state index contributed by atoms with van der Waals surface area (Å²) in [4.78, 5) is 15.2. The lowest BCUT2D eigenvalue weighted by Gasteiger charge is -2.23. The predicted octanol–water partition coefficient (Wildman–Crippen LogP) is 2.37. The van der Waals surface area contributed by atoms with Crippen molar-refractivity contribution in [3.8, 4) is 5.75 Å². The van der Waals surface area contributed by atoms with Crippen LogP contribution in [0.2, 0.25) is 0 Å². The summed E-state index contributed by atoms with van der Waals surface area (Å²) in [6, 6.07) is 6.45. The van der Waals surface area contributed by atoms with Crippen molar-refractivity contribution in [3.05, 3.63) is 55.1 Å². The van der Waals surface area contributed by atoms with Crippen LogP contribution in [-0.4, -0.2) is 67.3 Å². The molecule has 0 saturated heterocycles. The molecule has 0 aliphatic heterocycles. The molecule has 1 aromatic rings. The minimum atomic E-state index is -0.931. The quantitative estimate of drug-likeness (QED) is 0.600. The third kappa shape index (κ3) is 7.63. The lowest BCUT2D eigenvalue weighted by molar-refractivity contribution is 0.0697. The summed E-state index contributed by atoms with van der Waals surface area (Å²) in [5.74, 6) is -0.247. The number of carboxylic acid groups (broad SMARTS) is 1. The van der Waals surface area contributed by atoms with Gasteiger partial charge in [0.1, 0.15) is 12.4 Å². The van der Waals surface area contributed by atoms with E-state index < -0.39 is 5.97 Å². The topological polar surface area (TPSA) is 53.0 Å². The third-order valence-electron chi connectivity index (χ3n) is 3.42. The van der Waals surface area contributed by atoms with Gasteiger partial charge in [-0.05, 0) is 31.3 Å². The number of aromatic carboxylic acids is 1. The molecule has 0 heterocycles. The van der Waals surface area contributed by atoms with Crippen molar-refractivity contribution in [3.63, 3.8) is 0 Å². The lowest BCUT2D eigenvalue weighted by Crippen LogP contribution is -2.35. The molecular formula is C18H26N2O3. The molecular weight excluding hydrogens is 292 g/mol. The fourth-order valence-corrected chi connectivity index (χ4v) is 2.06. The van der Waals surface area contributed by atoms with E-state index in [1.807, 2.05) is 12.2 Å². The number of nitrogens with zero attached hydrogens (tertiary/aromatic N) is 2. The Bertz CT molecular complexity index is 489. The number of rotatable bonds is 12. The number of carbonyl (C=O) groups is 1. The van der Waals surface area contributed by atoms with Crippen molar-refractivity contribution in [2.75, 3.05) is 46.4 Å². The van der Waals surface area contributed by atoms with Gasteiger partial charge in [0, 0.05) is 32.7 Å². The van der Waals surface area contributed by atoms with Crippen LogP contribution in [-0.2, 0) is 0 Å². The zero-order valence-corrected chi connectivity index (χ0v) is 13.8. The molecule has 0 amide bonds. The Morgan fingerprint density at radius 2 is 1.74 bits per heavy atom. The Labute approximate surface area is 138 Å². The molecule has 0 aromatic heterocycles. The van der Waals surface area contributed by atoms with E-state index in [2.05, 4.69) is 30.0 Å². The molecule has 0 radical (unpaired) electrons. The van der Waals surface area contributed by atoms with Gasteiger partial charge in [-0.15, -0.1) is 13.2 Å². The highest BCUT2D eigenvalue weighted by Gasteiger charge is 2.05. The molecule has 1 aromatic carbocycles. The van der Waals surface area contributed by atoms with Crippen LogP contribution in [0, 0.1) is 0 Å². The van der Waals surface area contributed by atoms with Crippen LogP contribution in [0.5, 0.6) is 5.75 Å². The smallest absolute Gasteiger partial charge is 0.335 e. The van der Waals surface area contributed by atoms with Crippen molar-refractivity contribution < 1.29 is 14.6 Å². The highest BCUT2D eigenvalue weighted by atomic mass is 16.5. The molecule has 23 heavy (non-hydrogen) atoms. The molecule has 1 rings (SSSR count). The number of ether oxygens (including phenoxy) is 1. The molecule has 0 atom stereocenters. The van der Waals surface area contributed by atoms with Crippen LogP contribution in [0.4, 0.5) is 0 Å². The van der Waals surface area contributed by atoms with Gasteiger partial charge < -0.3 is 14.7 Å². The molecule has 0 aliphatic carbocycles. The summed E-state index contributed by atoms with van der Waals surface area (Å²) in [7, 11) is 2.05. The summed E-state index contributed by atoms with van der Waals surface area (Å²) < 4.78 is 5.63. The van der Waals surface area contributed by atoms with E-state index in [0.717, 1.165) is 32.7 Å². The van der Waals surface area contributed by atoms with E-state index in [-0.39, 0.29) is 5.56 Å². The maximum Gasteiger partial charge on any atom is 0.335 e. The third-order valence-corrected chi connectivity index (χ3v) is 3.42. The fraction of sp³-hybridized carbons (Fsp3) is 0.389. The van der Waals surface area contributed by atoms with E-state index in [4.69, 9.17) is 9.84 Å². The van der Waals surface area contributed by atoms with Crippen LogP contribution in [0.25, 0.3) is 0 Å². The van der Waals surface area contributed by atoms with Crippen molar-refractivity contribution in [2.24, 2.45) is 0 Å². The normalized spacial score (nSPS) is 10.7. The van der Waals surface area contributed by atoms with Gasteiger partial charge in [0.2, 0.25) is 0 Å². The summed E-state index contributed by atoms with van der Waals surface area (Å²) in [5.41, 5.74) is 0.263. The van der Waals surface area contributed by atoms with Crippen LogP contribution >= 0.6 is 0 Å². The second-order valence-corrected chi connectivity index (χ2v) is 5.32. The summed E-state index contributed by atoms with van der Waals surface area (Å²) in [6.45, 7) is 12.5. The Morgan fingerprint density at radius 1 is 1.13 bits per heavy atom. The monoisotopic (exact) mass is 318 g/mol. The van der Waals surface area contributed by atoms with E-state index in [9.17, 15) is 4.79 Å². The van der Waals surface area contributed by atoms with Gasteiger partial charge in [-0.1, -0.05) is 12.2 Å². The number of hydrogen-bond acceptors (Lipinski definition) is 4. The molecule has 0 fully saturated rings. The Balaban J connectivity index is 2.27. The van der Waals surface area contributed by atoms with E-state index in [1.165, 1.54) is 0 Å². The fourth-order valence-electron chi connectivity index (χ4n) is 2.06. The SMILES string of the molecule is C=CCN(CC=C)CCN(C)CCOc1ccc(C(=O)O)cc1. The second-order valence-electron chi connectivity index (χ2n) is 5.32. The molecule has 0 aliphatic rings. The highest BCUT2D eigenvalue weighted by molar-refractivity contribution is 5.87. The average Bonchev–Trinajstić information content (AvgIpc) is 2.53. The van der Waals surface area contributed by atoms with E-state index >= 15 is 0 Å². The zero-order valence-electron chi connectivity index (χ0n) is 13.8. The first kappa shape index (κ1) is 18.9. The van der Waals surface area contributed by atoms with Gasteiger partial charge in [0.15, 0.2) is 0 Å². The van der Waals surface area contributed by atoms with Crippen molar-refractivity contribution >= 4 is 5.97 Å². The van der Waals surface area contributed by atoms with Gasteiger partial charge in [-0.3, -0.25) is 4.90 Å². The molecule has 5 nitrogen and oxygen atoms in total. The van der Waals surface area contributed by atoms with Gasteiger partial charge >= 0.3 is 5.97 Å². The maximum atomic E-state index is 10.8. The predicted molar refractivity (Wildman–Crippen MR) is 93.2 cm³/mol. The minimum Gasteiger partial charge on any atom is -0.492 e. The highest BCUT2D eigenvalue weighted by Crippen LogP contribution is 2.12. The molecule has 5 heteroatoms. The summed E-state index contributed by atoms with van der Waals surface area (Å²) >= 11 is 0. The number of hydrogen-bond donors (Lipinski definition) is 1. The van der Waals surface area contributed by atoms with Gasteiger partial charge in [0.25, 0.3) is 0 Å². The maximum absolute atomic E-state index is 10.8. The minimum absolute atomic E-state index is 0.263. The second kappa shape index (κ2) is 10.6. The van der Waals surface area contributed by atoms with Gasteiger partial charge in [0.05, 0.1) is 5.56 Å². The molecule has 0 saturated carbocycles.